The van der Waals surface area contributed by atoms with Crippen molar-refractivity contribution in [2.24, 2.45) is 0 Å². The average Bonchev–Trinajstić information content (AvgIpc) is 4.09. The van der Waals surface area contributed by atoms with E-state index in [-0.39, 0.29) is 5.41 Å². The van der Waals surface area contributed by atoms with Crippen LogP contribution in [-0.4, -0.2) is 0 Å². The first-order valence-electron chi connectivity index (χ1n) is 24.8. The predicted molar refractivity (Wildman–Crippen MR) is 300 cm³/mol. The van der Waals surface area contributed by atoms with Crippen molar-refractivity contribution in [3.8, 4) is 66.8 Å². The first-order valence-corrected chi connectivity index (χ1v) is 24.8. The summed E-state index contributed by atoms with van der Waals surface area (Å²) in [5, 5.41) is 4.56. The summed E-state index contributed by atoms with van der Waals surface area (Å²) in [5.74, 6) is 0. The lowest BCUT2D eigenvalue weighted by Crippen LogP contribution is -2.16. The SMILES string of the molecule is CC1(C)c2cc(-c3cccc4c3oc3ccccc34)ccc2-c2ccc(N(c3ccc(-c4ccc(-c5ccccc5)cc4)cc3)c3ccc(-c4ccc(-c5cccc6c5oc5ccccc56)cc4)cc3)cc21. The minimum atomic E-state index is -0.258. The lowest BCUT2D eigenvalue weighted by molar-refractivity contribution is 0.660. The number of anilines is 3. The molecule has 0 bridgehead atoms. The molecule has 3 nitrogen and oxygen atoms in total. The monoisotopic (exact) mass is 921 g/mol. The number of benzene rings is 11. The zero-order chi connectivity index (χ0) is 47.9. The van der Waals surface area contributed by atoms with Gasteiger partial charge in [0, 0.05) is 55.1 Å². The molecule has 0 aliphatic heterocycles. The quantitative estimate of drug-likeness (QED) is 0.152. The molecule has 13 aromatic rings. The summed E-state index contributed by atoms with van der Waals surface area (Å²) in [6.45, 7) is 4.73. The molecule has 0 N–H and O–H groups in total. The number of fused-ring (bicyclic) bond motifs is 9. The molecule has 1 aliphatic rings. The van der Waals surface area contributed by atoms with E-state index in [4.69, 9.17) is 8.83 Å². The van der Waals surface area contributed by atoms with Crippen LogP contribution in [0.3, 0.4) is 0 Å². The maximum atomic E-state index is 6.52. The highest BCUT2D eigenvalue weighted by atomic mass is 16.3. The fourth-order valence-electron chi connectivity index (χ4n) is 11.4. The van der Waals surface area contributed by atoms with E-state index in [1.165, 1.54) is 44.5 Å². The third-order valence-electron chi connectivity index (χ3n) is 15.1. The smallest absolute Gasteiger partial charge is 0.143 e. The Morgan fingerprint density at radius 1 is 0.278 bits per heavy atom. The van der Waals surface area contributed by atoms with Gasteiger partial charge in [-0.2, -0.15) is 0 Å². The van der Waals surface area contributed by atoms with Gasteiger partial charge in [-0.05, 0) is 121 Å². The van der Waals surface area contributed by atoms with Crippen molar-refractivity contribution in [1.82, 2.24) is 0 Å². The summed E-state index contributed by atoms with van der Waals surface area (Å²) in [6, 6.07) is 89.8. The molecule has 0 fully saturated rings. The Kier molecular flexibility index (Phi) is 9.56. The van der Waals surface area contributed by atoms with Crippen LogP contribution in [0.5, 0.6) is 0 Å². The van der Waals surface area contributed by atoms with E-state index in [9.17, 15) is 0 Å². The second-order valence-corrected chi connectivity index (χ2v) is 19.6. The summed E-state index contributed by atoms with van der Waals surface area (Å²) in [4.78, 5) is 2.40. The second-order valence-electron chi connectivity index (χ2n) is 19.6. The molecule has 11 aromatic carbocycles. The molecule has 2 heterocycles. The molecule has 2 aromatic heterocycles. The van der Waals surface area contributed by atoms with Crippen LogP contribution >= 0.6 is 0 Å². The van der Waals surface area contributed by atoms with Crippen LogP contribution in [0.4, 0.5) is 17.1 Å². The first kappa shape index (κ1) is 41.8. The summed E-state index contributed by atoms with van der Waals surface area (Å²) < 4.78 is 12.9. The van der Waals surface area contributed by atoms with Gasteiger partial charge in [-0.15, -0.1) is 0 Å². The first-order chi connectivity index (χ1) is 35.4. The number of hydrogen-bond acceptors (Lipinski definition) is 3. The minimum Gasteiger partial charge on any atom is -0.455 e. The molecule has 0 saturated carbocycles. The van der Waals surface area contributed by atoms with Crippen LogP contribution in [0.2, 0.25) is 0 Å². The molecular weight excluding hydrogens is 875 g/mol. The summed E-state index contributed by atoms with van der Waals surface area (Å²) >= 11 is 0. The van der Waals surface area contributed by atoms with Crippen LogP contribution < -0.4 is 4.90 Å². The van der Waals surface area contributed by atoms with E-state index in [0.29, 0.717) is 0 Å². The van der Waals surface area contributed by atoms with Gasteiger partial charge >= 0.3 is 0 Å². The van der Waals surface area contributed by atoms with Crippen molar-refractivity contribution in [3.63, 3.8) is 0 Å². The molecule has 14 rings (SSSR count). The van der Waals surface area contributed by atoms with E-state index in [0.717, 1.165) is 94.3 Å². The number of rotatable bonds is 8. The molecule has 0 radical (unpaired) electrons. The number of hydrogen-bond donors (Lipinski definition) is 0. The molecule has 1 aliphatic carbocycles. The molecule has 0 atom stereocenters. The van der Waals surface area contributed by atoms with Crippen molar-refractivity contribution in [2.75, 3.05) is 4.90 Å². The van der Waals surface area contributed by atoms with E-state index < -0.39 is 0 Å². The standard InChI is InChI=1S/C69H47NO2/c1-69(2)63-42-51(56-17-11-19-62-60-15-7-9-21-66(60)72-68(56)62)34-40-57(63)58-41-39-54(43-64(58)69)70(52-35-30-48(31-36-52)46-24-22-45(23-25-46)44-12-4-3-5-13-44)53-37-32-49(33-38-53)47-26-28-50(29-27-47)55-16-10-18-61-59-14-6-8-20-65(59)71-67(55)61/h3-43H,1-2H3. The third-order valence-corrected chi connectivity index (χ3v) is 15.1. The van der Waals surface area contributed by atoms with Crippen molar-refractivity contribution >= 4 is 60.9 Å². The fraction of sp³-hybridized carbons (Fsp3) is 0.0435. The van der Waals surface area contributed by atoms with E-state index in [1.54, 1.807) is 0 Å². The molecule has 72 heavy (non-hydrogen) atoms. The Bertz CT molecular complexity index is 4200. The van der Waals surface area contributed by atoms with Gasteiger partial charge in [-0.3, -0.25) is 0 Å². The maximum Gasteiger partial charge on any atom is 0.143 e. The van der Waals surface area contributed by atoms with Crippen LogP contribution in [-0.2, 0) is 5.41 Å². The van der Waals surface area contributed by atoms with Gasteiger partial charge in [0.2, 0.25) is 0 Å². The van der Waals surface area contributed by atoms with Crippen molar-refractivity contribution in [2.45, 2.75) is 19.3 Å². The lowest BCUT2D eigenvalue weighted by atomic mass is 9.81. The molecular formula is C69H47NO2. The topological polar surface area (TPSA) is 29.5 Å². The third kappa shape index (κ3) is 6.81. The Hall–Kier alpha value is -9.18. The number of furan rings is 2. The van der Waals surface area contributed by atoms with Crippen LogP contribution in [0, 0.1) is 0 Å². The van der Waals surface area contributed by atoms with Gasteiger partial charge in [-0.1, -0.05) is 208 Å². The highest BCUT2D eigenvalue weighted by Gasteiger charge is 2.36. The normalized spacial score (nSPS) is 12.7. The lowest BCUT2D eigenvalue weighted by Gasteiger charge is -2.28. The van der Waals surface area contributed by atoms with Crippen molar-refractivity contribution < 1.29 is 8.83 Å². The van der Waals surface area contributed by atoms with Crippen LogP contribution in [0.1, 0.15) is 25.0 Å². The van der Waals surface area contributed by atoms with Gasteiger partial charge in [0.05, 0.1) is 0 Å². The minimum absolute atomic E-state index is 0.258. The molecule has 0 saturated heterocycles. The molecule has 340 valence electrons. The largest absolute Gasteiger partial charge is 0.455 e. The van der Waals surface area contributed by atoms with Crippen molar-refractivity contribution in [3.05, 3.63) is 260 Å². The van der Waals surface area contributed by atoms with Gasteiger partial charge in [0.25, 0.3) is 0 Å². The van der Waals surface area contributed by atoms with Gasteiger partial charge < -0.3 is 13.7 Å². The fourth-order valence-corrected chi connectivity index (χ4v) is 11.4. The second kappa shape index (κ2) is 16.5. The van der Waals surface area contributed by atoms with Gasteiger partial charge in [-0.25, -0.2) is 0 Å². The molecule has 3 heteroatoms. The average molecular weight is 922 g/mol. The molecule has 0 spiro atoms. The van der Waals surface area contributed by atoms with Crippen molar-refractivity contribution in [1.29, 1.82) is 0 Å². The summed E-state index contributed by atoms with van der Waals surface area (Å²) in [6.07, 6.45) is 0. The van der Waals surface area contributed by atoms with Crippen LogP contribution in [0.25, 0.3) is 111 Å². The zero-order valence-corrected chi connectivity index (χ0v) is 39.9. The van der Waals surface area contributed by atoms with E-state index in [1.807, 2.05) is 18.2 Å². The predicted octanol–water partition coefficient (Wildman–Crippen LogP) is 19.6. The highest BCUT2D eigenvalue weighted by molar-refractivity contribution is 6.11. The Morgan fingerprint density at radius 2 is 0.653 bits per heavy atom. The Balaban J connectivity index is 0.817. The summed E-state index contributed by atoms with van der Waals surface area (Å²) in [5.41, 5.74) is 23.5. The molecule has 0 unspecified atom stereocenters. The van der Waals surface area contributed by atoms with Gasteiger partial charge in [0.15, 0.2) is 0 Å². The zero-order valence-electron chi connectivity index (χ0n) is 39.9. The molecule has 0 amide bonds. The maximum absolute atomic E-state index is 6.52. The van der Waals surface area contributed by atoms with E-state index >= 15 is 0 Å². The number of para-hydroxylation sites is 4. The summed E-state index contributed by atoms with van der Waals surface area (Å²) in [7, 11) is 0. The number of nitrogens with zero attached hydrogens (tertiary/aromatic N) is 1. The van der Waals surface area contributed by atoms with Crippen LogP contribution in [0.15, 0.2) is 258 Å². The Morgan fingerprint density at radius 3 is 1.18 bits per heavy atom. The van der Waals surface area contributed by atoms with E-state index in [2.05, 4.69) is 249 Å². The van der Waals surface area contributed by atoms with Gasteiger partial charge in [0.1, 0.15) is 22.3 Å². The Labute approximate surface area is 418 Å². The highest BCUT2D eigenvalue weighted by Crippen LogP contribution is 2.52.